The first-order valence-electron chi connectivity index (χ1n) is 33.9. The van der Waals surface area contributed by atoms with Crippen molar-refractivity contribution in [2.24, 2.45) is 5.41 Å². The van der Waals surface area contributed by atoms with Crippen molar-refractivity contribution in [1.82, 2.24) is 52.1 Å². The van der Waals surface area contributed by atoms with Gasteiger partial charge in [0, 0.05) is 53.4 Å². The first kappa shape index (κ1) is 72.4. The van der Waals surface area contributed by atoms with Gasteiger partial charge < -0.3 is 101 Å². The number of aliphatic hydroxyl groups is 5. The number of carbonyl (C=O) groups excluding carboxylic acids is 9. The molecular formula is C72H80N10O21. The van der Waals surface area contributed by atoms with Crippen LogP contribution in [0.25, 0.3) is 33.4 Å². The fourth-order valence-corrected chi connectivity index (χ4v) is 14.0. The molecule has 4 aromatic carbocycles. The van der Waals surface area contributed by atoms with Gasteiger partial charge in [-0.3, -0.25) is 38.4 Å². The summed E-state index contributed by atoms with van der Waals surface area (Å²) in [6.45, 7) is 1.02. The van der Waals surface area contributed by atoms with Gasteiger partial charge >= 0.3 is 12.1 Å². The van der Waals surface area contributed by atoms with Gasteiger partial charge in [0.15, 0.2) is 17.1 Å². The van der Waals surface area contributed by atoms with Crippen LogP contribution in [0.4, 0.5) is 4.79 Å². The lowest BCUT2D eigenvalue weighted by Crippen LogP contribution is -2.60. The van der Waals surface area contributed by atoms with Gasteiger partial charge in [-0.1, -0.05) is 85.8 Å². The number of alkyl carbamates (subject to hydrolysis) is 1. The van der Waals surface area contributed by atoms with Crippen LogP contribution in [-0.2, 0) is 88.9 Å². The van der Waals surface area contributed by atoms with Crippen LogP contribution in [0.1, 0.15) is 103 Å². The second kappa shape index (κ2) is 30.7. The van der Waals surface area contributed by atoms with Crippen LogP contribution in [-0.4, -0.2) is 191 Å². The van der Waals surface area contributed by atoms with E-state index in [9.17, 15) is 73.5 Å². The number of pyridine rings is 2. The van der Waals surface area contributed by atoms with Crippen LogP contribution >= 0.6 is 0 Å². The van der Waals surface area contributed by atoms with Gasteiger partial charge in [0.2, 0.25) is 48.1 Å². The molecule has 0 radical (unpaired) electrons. The molecule has 544 valence electrons. The van der Waals surface area contributed by atoms with Crippen molar-refractivity contribution in [3.8, 4) is 34.0 Å². The van der Waals surface area contributed by atoms with E-state index in [0.717, 1.165) is 38.8 Å². The Morgan fingerprint density at radius 2 is 1.41 bits per heavy atom. The summed E-state index contributed by atoms with van der Waals surface area (Å²) in [5, 5.41) is 73.3. The van der Waals surface area contributed by atoms with E-state index in [2.05, 4.69) is 42.5 Å². The lowest BCUT2D eigenvalue weighted by Gasteiger charge is -2.40. The number of carbonyl (C=O) groups is 9. The average molecular weight is 1420 g/mol. The first-order valence-corrected chi connectivity index (χ1v) is 33.9. The highest BCUT2D eigenvalue weighted by atomic mass is 16.7. The number of nitrogens with one attached hydrogen (secondary N) is 8. The number of hydrogen-bond donors (Lipinski definition) is 13. The minimum atomic E-state index is -2.05. The normalized spacial score (nSPS) is 20.8. The predicted octanol–water partition coefficient (Wildman–Crippen LogP) is -0.250. The predicted molar refractivity (Wildman–Crippen MR) is 362 cm³/mol. The molecule has 6 aromatic rings. The number of aromatic nitrogens is 2. The molecule has 2 aromatic heterocycles. The van der Waals surface area contributed by atoms with E-state index in [0.29, 0.717) is 52.4 Å². The van der Waals surface area contributed by atoms with E-state index < -0.39 is 151 Å². The van der Waals surface area contributed by atoms with E-state index in [1.807, 2.05) is 48.5 Å². The maximum absolute atomic E-state index is 14.4. The molecule has 31 nitrogen and oxygen atoms in total. The smallest absolute Gasteiger partial charge is 0.407 e. The molecule has 0 spiro atoms. The van der Waals surface area contributed by atoms with E-state index in [1.54, 1.807) is 63.2 Å². The third kappa shape index (κ3) is 15.1. The molecule has 9 atom stereocenters. The van der Waals surface area contributed by atoms with Crippen molar-refractivity contribution >= 4 is 64.3 Å². The van der Waals surface area contributed by atoms with Crippen molar-refractivity contribution in [2.75, 3.05) is 59.5 Å². The highest BCUT2D eigenvalue weighted by Crippen LogP contribution is 2.51. The minimum absolute atomic E-state index is 0.00496. The second-order valence-corrected chi connectivity index (χ2v) is 26.7. The summed E-state index contributed by atoms with van der Waals surface area (Å²) in [6, 6.07) is 23.9. The summed E-state index contributed by atoms with van der Waals surface area (Å²) in [6.07, 6.45) is -8.36. The molecule has 0 bridgehead atoms. The zero-order valence-electron chi connectivity index (χ0n) is 56.5. The highest BCUT2D eigenvalue weighted by Gasteiger charge is 2.47. The molecule has 0 unspecified atom stereocenters. The zero-order chi connectivity index (χ0) is 73.0. The monoisotopic (exact) mass is 1420 g/mol. The molecule has 8 amide bonds. The Balaban J connectivity index is 0.622. The third-order valence-electron chi connectivity index (χ3n) is 19.6. The maximum Gasteiger partial charge on any atom is 0.407 e. The van der Waals surface area contributed by atoms with Gasteiger partial charge in [-0.2, -0.15) is 0 Å². The van der Waals surface area contributed by atoms with Crippen LogP contribution in [0.15, 0.2) is 95.8 Å². The Morgan fingerprint density at radius 3 is 2.12 bits per heavy atom. The summed E-state index contributed by atoms with van der Waals surface area (Å²) in [5.41, 5.74) is 4.67. The number of cyclic esters (lactones) is 1. The van der Waals surface area contributed by atoms with E-state index >= 15 is 0 Å². The highest BCUT2D eigenvalue weighted by molar-refractivity contribution is 5.97. The van der Waals surface area contributed by atoms with Crippen LogP contribution in [0.5, 0.6) is 11.5 Å². The van der Waals surface area contributed by atoms with Crippen molar-refractivity contribution in [3.63, 3.8) is 0 Å². The molecule has 103 heavy (non-hydrogen) atoms. The number of fused-ring (bicyclic) bond motifs is 10. The Hall–Kier alpha value is -10.4. The first-order chi connectivity index (χ1) is 49.5. The summed E-state index contributed by atoms with van der Waals surface area (Å²) in [5.74, 6) is -5.28. The Labute approximate surface area is 588 Å². The Kier molecular flexibility index (Phi) is 21.5. The van der Waals surface area contributed by atoms with E-state index in [-0.39, 0.29) is 82.7 Å². The minimum Gasteiger partial charge on any atom is -0.458 e. The number of esters is 1. The number of rotatable bonds is 27. The lowest BCUT2D eigenvalue weighted by molar-refractivity contribution is -0.227. The molecule has 31 heteroatoms. The summed E-state index contributed by atoms with van der Waals surface area (Å²) in [7, 11) is 0. The molecule has 6 aliphatic rings. The summed E-state index contributed by atoms with van der Waals surface area (Å²) in [4.78, 5) is 141. The zero-order valence-corrected chi connectivity index (χ0v) is 56.5. The molecule has 2 aliphatic carbocycles. The van der Waals surface area contributed by atoms with Crippen molar-refractivity contribution in [1.29, 1.82) is 0 Å². The third-order valence-corrected chi connectivity index (χ3v) is 19.6. The maximum atomic E-state index is 14.4. The van der Waals surface area contributed by atoms with E-state index in [1.165, 1.54) is 4.57 Å². The topological polar surface area (TPSA) is 441 Å². The second-order valence-electron chi connectivity index (χ2n) is 26.7. The molecule has 12 rings (SSSR count). The number of aliphatic hydroxyl groups excluding tert-OH is 4. The van der Waals surface area contributed by atoms with Crippen LogP contribution in [0.3, 0.4) is 0 Å². The lowest BCUT2D eigenvalue weighted by atomic mass is 9.82. The molecule has 4 aliphatic heterocycles. The molecule has 13 N–H and O–H groups in total. The van der Waals surface area contributed by atoms with Gasteiger partial charge in [0.05, 0.1) is 73.3 Å². The van der Waals surface area contributed by atoms with Crippen LogP contribution in [0.2, 0.25) is 0 Å². The summed E-state index contributed by atoms with van der Waals surface area (Å²) < 4.78 is 35.5. The number of ether oxygens (including phenoxy) is 6. The SMILES string of the molecule is CC[C@@]1(O)C(=O)OCc2c1cc1n(c2=O)Cc2c-1nc1cc3c(c4c1c2[C@@H](NC(=O)C(C)(C)COCNC(=O)CNC(=O)[C@H](Cc1ccccc1)NC(=O)CNC(=O)CNC(=O)[C@H](CCC(=O)NC[C@@H]1O[C@H](CO)[C@@H](O)[C@H](O)[C@H]1O)NC(=O)OCC1c2ccccc2-c2ccccc21)CC4)OCO3. The van der Waals surface area contributed by atoms with Gasteiger partial charge in [-0.05, 0) is 79.0 Å². The number of benzene rings is 4. The molecule has 0 saturated carbocycles. The average Bonchev–Trinajstić information content (AvgIpc) is 1.62. The van der Waals surface area contributed by atoms with Crippen molar-refractivity contribution < 1.29 is 97.1 Å². The number of aryl methyl sites for hydroxylation is 1. The fourth-order valence-electron chi connectivity index (χ4n) is 14.0. The van der Waals surface area contributed by atoms with Crippen LogP contribution < -0.4 is 57.6 Å². The largest absolute Gasteiger partial charge is 0.458 e. The number of nitrogens with zero attached hydrogens (tertiary/aromatic N) is 2. The number of hydrogen-bond acceptors (Lipinski definition) is 22. The molecule has 1 saturated heterocycles. The summed E-state index contributed by atoms with van der Waals surface area (Å²) >= 11 is 0. The van der Waals surface area contributed by atoms with E-state index in [4.69, 9.17) is 33.4 Å². The fraction of sp³-hybridized carbons (Fsp3) is 0.431. The molecular weight excluding hydrogens is 1340 g/mol. The molecule has 6 heterocycles. The van der Waals surface area contributed by atoms with Gasteiger partial charge in [-0.15, -0.1) is 0 Å². The number of amides is 8. The molecule has 1 fully saturated rings. The van der Waals surface area contributed by atoms with Crippen molar-refractivity contribution in [3.05, 3.63) is 146 Å². The van der Waals surface area contributed by atoms with Gasteiger partial charge in [0.1, 0.15) is 62.5 Å². The van der Waals surface area contributed by atoms with Gasteiger partial charge in [0.25, 0.3) is 5.56 Å². The van der Waals surface area contributed by atoms with Crippen LogP contribution in [0, 0.1) is 5.41 Å². The Morgan fingerprint density at radius 1 is 0.738 bits per heavy atom. The standard InChI is InChI=1S/C72H80N10O21/c1-4-72(97)45-23-50-60-42(29-82(50)67(93)44(45)32-99-69(72)95)59-46(19-18-41-58(59)48(79-60)24-51-64(41)102-35-101-51)80-68(94)71(2,3)33-98-34-77-56(86)27-76-66(92)49(22-36-12-6-5-7-13-36)78-57(87)28-74-55(85)26-75-65(91)47(20-21-54(84)73-25-52-61(88)63(90)62(89)53(30-83)103-52)81-70(96)100-31-43-39-16-10-8-14-37(39)38-15-9-11-17-40(38)43/h5-17,23-24,43,46-47,49,52-53,61-63,83,88-90,97H,4,18-22,25-35H2,1-3H3,(H,73,84)(H,74,85)(H,75,91)(H,76,92)(H,77,86)(H,78,87)(H,80,94)(H,81,96)/t46-,47-,49-,52-,53+,61-,62+,63+,72-/m0/s1. The van der Waals surface area contributed by atoms with Gasteiger partial charge in [-0.25, -0.2) is 14.6 Å². The van der Waals surface area contributed by atoms with Crippen molar-refractivity contribution in [2.45, 2.75) is 133 Å². The Bertz CT molecular complexity index is 4350. The quantitative estimate of drug-likeness (QED) is 0.0179.